The predicted octanol–water partition coefficient (Wildman–Crippen LogP) is -5.50. The van der Waals surface area contributed by atoms with Crippen molar-refractivity contribution < 1.29 is 39.4 Å². The molecule has 3 heterocycles. The zero-order valence-electron chi connectivity index (χ0n) is 25.1. The molecule has 4 rings (SSSR count). The smallest absolute Gasteiger partial charge is 0.185 e. The van der Waals surface area contributed by atoms with E-state index in [9.17, 15) is 20.4 Å². The molecule has 1 unspecified atom stereocenters. The first-order chi connectivity index (χ1) is 20.2. The molecule has 43 heavy (non-hydrogen) atoms. The van der Waals surface area contributed by atoms with Crippen LogP contribution in [0.15, 0.2) is 9.98 Å². The van der Waals surface area contributed by atoms with Gasteiger partial charge >= 0.3 is 0 Å². The second-order valence-electron chi connectivity index (χ2n) is 12.5. The van der Waals surface area contributed by atoms with E-state index in [-0.39, 0.29) is 44.6 Å². The van der Waals surface area contributed by atoms with Gasteiger partial charge in [-0.25, -0.2) is 0 Å². The molecular formula is C26H51N9O8. The minimum absolute atomic E-state index is 0.0307. The summed E-state index contributed by atoms with van der Waals surface area (Å²) in [6.07, 6.45) is -5.99. The molecule has 248 valence electrons. The first kappa shape index (κ1) is 34.3. The molecular weight excluding hydrogens is 566 g/mol. The lowest BCUT2D eigenvalue weighted by Gasteiger charge is -2.48. The second kappa shape index (κ2) is 13.8. The van der Waals surface area contributed by atoms with Crippen molar-refractivity contribution in [2.75, 3.05) is 33.3 Å². The summed E-state index contributed by atoms with van der Waals surface area (Å²) < 4.78 is 24.2. The van der Waals surface area contributed by atoms with Crippen molar-refractivity contribution in [1.82, 2.24) is 10.6 Å². The highest BCUT2D eigenvalue weighted by molar-refractivity contribution is 5.90. The summed E-state index contributed by atoms with van der Waals surface area (Å²) in [6, 6.07) is -3.27. The summed E-state index contributed by atoms with van der Waals surface area (Å²) in [5.41, 5.74) is 28.0. The number of β-amino-alcohol motifs (C(OH)–C–C–N with tert-alkyl or cyclic N) is 1. The fraction of sp³-hybridized carbons (Fsp3) is 0.923. The normalized spacial score (nSPS) is 44.9. The Labute approximate surface area is 251 Å². The number of amidine groups is 2. The Morgan fingerprint density at radius 2 is 1.74 bits per heavy atom. The van der Waals surface area contributed by atoms with Crippen molar-refractivity contribution in [2.24, 2.45) is 38.7 Å². The molecule has 0 aromatic carbocycles. The van der Waals surface area contributed by atoms with Gasteiger partial charge in [-0.3, -0.25) is 9.98 Å². The molecule has 16 N–H and O–H groups in total. The molecule has 0 bridgehead atoms. The molecule has 0 aromatic rings. The van der Waals surface area contributed by atoms with Crippen LogP contribution in [-0.2, 0) is 18.9 Å². The number of aliphatic imine (C=N–C) groups is 2. The molecule has 4 fully saturated rings. The average molecular weight is 618 g/mol. The third-order valence-electron chi connectivity index (χ3n) is 8.77. The van der Waals surface area contributed by atoms with Crippen LogP contribution in [0, 0.1) is 0 Å². The van der Waals surface area contributed by atoms with E-state index in [1.54, 1.807) is 14.0 Å². The van der Waals surface area contributed by atoms with E-state index < -0.39 is 78.4 Å². The van der Waals surface area contributed by atoms with Crippen molar-refractivity contribution in [3.63, 3.8) is 0 Å². The van der Waals surface area contributed by atoms with E-state index in [2.05, 4.69) is 20.6 Å². The Kier molecular flexibility index (Phi) is 11.0. The van der Waals surface area contributed by atoms with Crippen molar-refractivity contribution in [2.45, 2.75) is 118 Å². The molecule has 17 nitrogen and oxygen atoms in total. The summed E-state index contributed by atoms with van der Waals surface area (Å²) in [5.74, 6) is 0.278. The van der Waals surface area contributed by atoms with Crippen LogP contribution in [0.3, 0.4) is 0 Å². The van der Waals surface area contributed by atoms with E-state index in [0.717, 1.165) is 0 Å². The van der Waals surface area contributed by atoms with E-state index in [1.807, 2.05) is 0 Å². The van der Waals surface area contributed by atoms with Gasteiger partial charge in [0.25, 0.3) is 0 Å². The molecule has 0 aromatic heterocycles. The summed E-state index contributed by atoms with van der Waals surface area (Å²) in [5, 5.41) is 49.9. The van der Waals surface area contributed by atoms with Crippen LogP contribution in [0.25, 0.3) is 0 Å². The van der Waals surface area contributed by atoms with Crippen molar-refractivity contribution in [3.05, 3.63) is 0 Å². The van der Waals surface area contributed by atoms with Crippen LogP contribution in [0.5, 0.6) is 0 Å². The lowest BCUT2D eigenvalue weighted by atomic mass is 9.83. The van der Waals surface area contributed by atoms with E-state index in [4.69, 9.17) is 47.6 Å². The van der Waals surface area contributed by atoms with Gasteiger partial charge in [-0.05, 0) is 40.2 Å². The number of hydrogen-bond donors (Lipinski definition) is 11. The van der Waals surface area contributed by atoms with Crippen LogP contribution in [0.1, 0.15) is 33.1 Å². The maximum atomic E-state index is 11.7. The first-order valence-electron chi connectivity index (χ1n) is 14.8. The predicted molar refractivity (Wildman–Crippen MR) is 157 cm³/mol. The number of nitrogens with two attached hydrogens (primary N) is 5. The third-order valence-corrected chi connectivity index (χ3v) is 8.77. The minimum atomic E-state index is -1.39. The third kappa shape index (κ3) is 7.63. The highest BCUT2D eigenvalue weighted by Crippen LogP contribution is 2.33. The van der Waals surface area contributed by atoms with E-state index in [0.29, 0.717) is 18.7 Å². The van der Waals surface area contributed by atoms with Crippen LogP contribution in [0.2, 0.25) is 0 Å². The molecule has 3 saturated heterocycles. The van der Waals surface area contributed by atoms with Gasteiger partial charge < -0.3 is 78.7 Å². The van der Waals surface area contributed by atoms with Gasteiger partial charge in [0.15, 0.2) is 12.6 Å². The molecule has 0 amide bonds. The standard InChI is InChI=1S/C26H51N9O8/c1-11(27)21(30)34-7-12-4-5-13(28)22(41-12)42-18-14(29)6-15(35-24(31)26(39)8-33-9-26)19(16(18)36)43-23-17(37)20(32-3)25(2,38)10-40-23/h11-20,22-23,32-33,36-39H,4-10,27-29H2,1-3H3,(H2,30,34)(H2,31,35)/t11?,12-,13+,14-,15+,16-,17+,18+,19-,20+,22+,23+,25-/m0/s1. The molecule has 0 radical (unpaired) electrons. The van der Waals surface area contributed by atoms with Crippen LogP contribution >= 0.6 is 0 Å². The van der Waals surface area contributed by atoms with Gasteiger partial charge in [-0.1, -0.05) is 0 Å². The number of nitrogens with one attached hydrogen (secondary N) is 2. The highest BCUT2D eigenvalue weighted by atomic mass is 16.7. The summed E-state index contributed by atoms with van der Waals surface area (Å²) in [6.45, 7) is 3.84. The van der Waals surface area contributed by atoms with Crippen LogP contribution in [-0.4, -0.2) is 150 Å². The van der Waals surface area contributed by atoms with Gasteiger partial charge in [-0.15, -0.1) is 0 Å². The van der Waals surface area contributed by atoms with Crippen LogP contribution in [0.4, 0.5) is 0 Å². The molecule has 4 aliphatic rings. The van der Waals surface area contributed by atoms with Crippen LogP contribution < -0.4 is 39.3 Å². The second-order valence-corrected chi connectivity index (χ2v) is 12.5. The topological polar surface area (TPSA) is 297 Å². The number of nitrogens with zero attached hydrogens (tertiary/aromatic N) is 2. The lowest BCUT2D eigenvalue weighted by Crippen LogP contribution is -2.69. The quantitative estimate of drug-likeness (QED) is 0.0805. The van der Waals surface area contributed by atoms with E-state index in [1.165, 1.54) is 6.92 Å². The Balaban J connectivity index is 1.53. The molecule has 1 aliphatic carbocycles. The maximum absolute atomic E-state index is 11.7. The Morgan fingerprint density at radius 1 is 1.07 bits per heavy atom. The number of rotatable bonds is 10. The molecule has 1 saturated carbocycles. The highest BCUT2D eigenvalue weighted by Gasteiger charge is 2.52. The number of hydrogen-bond acceptors (Lipinski definition) is 15. The Morgan fingerprint density at radius 3 is 2.35 bits per heavy atom. The average Bonchev–Trinajstić information content (AvgIpc) is 2.92. The zero-order chi connectivity index (χ0) is 31.7. The number of aliphatic hydroxyl groups excluding tert-OH is 2. The summed E-state index contributed by atoms with van der Waals surface area (Å²) in [4.78, 5) is 8.82. The molecule has 3 aliphatic heterocycles. The first-order valence-corrected chi connectivity index (χ1v) is 14.8. The number of likely N-dealkylation sites (N-methyl/N-ethyl adjacent to an activating group) is 1. The van der Waals surface area contributed by atoms with Gasteiger partial charge in [0, 0.05) is 19.1 Å². The van der Waals surface area contributed by atoms with Gasteiger partial charge in [0.05, 0.1) is 43.4 Å². The van der Waals surface area contributed by atoms with Gasteiger partial charge in [0.1, 0.15) is 47.3 Å². The summed E-state index contributed by atoms with van der Waals surface area (Å²) >= 11 is 0. The minimum Gasteiger partial charge on any atom is -0.388 e. The zero-order valence-corrected chi connectivity index (χ0v) is 25.1. The Hall–Kier alpha value is -1.58. The largest absolute Gasteiger partial charge is 0.388 e. The SMILES string of the molecule is CN[C@@H]1[C@@H](O)[C@@H](O[C@@H]2[C@@H](O)[C@H](O[C@H]3O[C@H](CN=C(N)C(C)N)CC[C@H]3N)[C@@H](N)C[C@H]2N=C(N)C2(O)CNC2)OC[C@]1(C)O. The molecule has 13 atom stereocenters. The summed E-state index contributed by atoms with van der Waals surface area (Å²) in [7, 11) is 1.60. The van der Waals surface area contributed by atoms with Crippen molar-refractivity contribution >= 4 is 11.7 Å². The van der Waals surface area contributed by atoms with Gasteiger partial charge in [-0.2, -0.15) is 0 Å². The van der Waals surface area contributed by atoms with Gasteiger partial charge in [0.2, 0.25) is 0 Å². The monoisotopic (exact) mass is 617 g/mol. The molecule has 17 heteroatoms. The Bertz CT molecular complexity index is 1000. The lowest BCUT2D eigenvalue weighted by molar-refractivity contribution is -0.306. The molecule has 0 spiro atoms. The fourth-order valence-electron chi connectivity index (χ4n) is 5.90. The van der Waals surface area contributed by atoms with Crippen molar-refractivity contribution in [1.29, 1.82) is 0 Å². The fourth-order valence-corrected chi connectivity index (χ4v) is 5.90. The maximum Gasteiger partial charge on any atom is 0.185 e. The number of ether oxygens (including phenoxy) is 4. The number of aliphatic hydroxyl groups is 4. The van der Waals surface area contributed by atoms with E-state index >= 15 is 0 Å². The van der Waals surface area contributed by atoms with Crippen molar-refractivity contribution in [3.8, 4) is 0 Å².